The van der Waals surface area contributed by atoms with Crippen molar-refractivity contribution in [2.24, 2.45) is 0 Å². The van der Waals surface area contributed by atoms with E-state index in [-0.39, 0.29) is 30.0 Å². The van der Waals surface area contributed by atoms with Crippen LogP contribution in [0.4, 0.5) is 0 Å². The standard InChI is InChI=1S/C36H42N4O8/c1-17-23(16-41)31(42)28-21(33(17)46-5)13-25-30-29-22(34(47-6)18(2)35(48-7)32(29)43)12-24(39(30)3)26(14-37)40(25)27(28)15-38-36(44)19-9-8-10-20(11-19)45-4/h8-11,24-27,30,41-43H,12-13,15-16H2,1-7H3,(H,38,44)/t24-,25-,26-,27-,30+/m0/s1. The molecule has 1 fully saturated rings. The number of likely N-dealkylation sites (N-methyl/N-ethyl adjacent to an activating group) is 1. The van der Waals surface area contributed by atoms with Crippen molar-refractivity contribution in [2.75, 3.05) is 42.0 Å². The van der Waals surface area contributed by atoms with Crippen LogP contribution in [0.5, 0.6) is 34.5 Å². The van der Waals surface area contributed by atoms with Gasteiger partial charge in [-0.25, -0.2) is 0 Å². The fourth-order valence-electron chi connectivity index (χ4n) is 8.49. The number of carbonyl (C=O) groups is 1. The van der Waals surface area contributed by atoms with Gasteiger partial charge < -0.3 is 39.6 Å². The zero-order valence-corrected chi connectivity index (χ0v) is 28.2. The summed E-state index contributed by atoms with van der Waals surface area (Å²) in [7, 11) is 8.14. The summed E-state index contributed by atoms with van der Waals surface area (Å²) in [6.07, 6.45) is 0.752. The minimum absolute atomic E-state index is 0.0201. The highest BCUT2D eigenvalue weighted by Crippen LogP contribution is 2.58. The van der Waals surface area contributed by atoms with Gasteiger partial charge >= 0.3 is 0 Å². The van der Waals surface area contributed by atoms with Crippen LogP contribution in [0, 0.1) is 25.2 Å². The molecule has 12 nitrogen and oxygen atoms in total. The number of carbonyl (C=O) groups excluding carboxylic acids is 1. The Morgan fingerprint density at radius 2 is 1.58 bits per heavy atom. The number of aromatic hydroxyl groups is 2. The van der Waals surface area contributed by atoms with Crippen molar-refractivity contribution in [2.45, 2.75) is 63.5 Å². The Bertz CT molecular complexity index is 1820. The van der Waals surface area contributed by atoms with Crippen LogP contribution in [-0.4, -0.2) is 91.2 Å². The third-order valence-electron chi connectivity index (χ3n) is 10.6. The van der Waals surface area contributed by atoms with Gasteiger partial charge in [-0.3, -0.25) is 14.6 Å². The number of rotatable bonds is 8. The van der Waals surface area contributed by atoms with Gasteiger partial charge in [0.15, 0.2) is 11.5 Å². The van der Waals surface area contributed by atoms with E-state index < -0.39 is 30.8 Å². The van der Waals surface area contributed by atoms with Gasteiger partial charge in [-0.15, -0.1) is 0 Å². The highest BCUT2D eigenvalue weighted by molar-refractivity contribution is 5.94. The summed E-state index contributed by atoms with van der Waals surface area (Å²) in [4.78, 5) is 17.8. The maximum absolute atomic E-state index is 13.5. The predicted octanol–water partition coefficient (Wildman–Crippen LogP) is 3.44. The van der Waals surface area contributed by atoms with Crippen LogP contribution in [0.2, 0.25) is 0 Å². The van der Waals surface area contributed by atoms with E-state index >= 15 is 0 Å². The van der Waals surface area contributed by atoms with E-state index in [9.17, 15) is 25.4 Å². The molecule has 5 atom stereocenters. The zero-order chi connectivity index (χ0) is 34.6. The number of aliphatic hydroxyl groups is 1. The number of piperazine rings is 1. The van der Waals surface area contributed by atoms with Crippen LogP contribution in [0.25, 0.3) is 0 Å². The molecule has 1 saturated heterocycles. The molecule has 48 heavy (non-hydrogen) atoms. The van der Waals surface area contributed by atoms with Crippen molar-refractivity contribution in [3.05, 3.63) is 68.8 Å². The van der Waals surface area contributed by atoms with E-state index in [1.54, 1.807) is 45.4 Å². The fraction of sp³-hybridized carbons (Fsp3) is 0.444. The lowest BCUT2D eigenvalue weighted by atomic mass is 9.71. The molecule has 0 saturated carbocycles. The summed E-state index contributed by atoms with van der Waals surface area (Å²) in [5, 5.41) is 47.9. The number of fused-ring (bicyclic) bond motifs is 7. The van der Waals surface area contributed by atoms with Crippen molar-refractivity contribution in [1.29, 1.82) is 5.26 Å². The van der Waals surface area contributed by atoms with Gasteiger partial charge in [-0.05, 0) is 51.9 Å². The van der Waals surface area contributed by atoms with E-state index in [0.717, 1.165) is 5.56 Å². The van der Waals surface area contributed by atoms with Gasteiger partial charge in [0, 0.05) is 63.1 Å². The third-order valence-corrected chi connectivity index (χ3v) is 10.6. The molecule has 3 aromatic carbocycles. The highest BCUT2D eigenvalue weighted by Gasteiger charge is 2.57. The number of nitriles is 1. The minimum Gasteiger partial charge on any atom is -0.507 e. The van der Waals surface area contributed by atoms with Gasteiger partial charge in [-0.2, -0.15) is 5.26 Å². The van der Waals surface area contributed by atoms with Crippen molar-refractivity contribution in [3.63, 3.8) is 0 Å². The first-order valence-electron chi connectivity index (χ1n) is 15.9. The number of methoxy groups -OCH3 is 4. The van der Waals surface area contributed by atoms with Crippen LogP contribution >= 0.6 is 0 Å². The number of hydrogen-bond acceptors (Lipinski definition) is 11. The summed E-state index contributed by atoms with van der Waals surface area (Å²) in [6, 6.07) is 6.81. The Morgan fingerprint density at radius 3 is 2.21 bits per heavy atom. The first-order valence-corrected chi connectivity index (χ1v) is 15.9. The van der Waals surface area contributed by atoms with E-state index in [1.165, 1.54) is 14.2 Å². The van der Waals surface area contributed by atoms with Gasteiger partial charge in [0.05, 0.1) is 53.2 Å². The SMILES string of the molecule is COc1cccc(C(=O)NC[C@H]2c3c(O)c(CO)c(C)c(OC)c3C[C@H]3[C@@H]4c5c(O)c(OC)c(C)c(OC)c5C[C@@H]([C@H](C#N)N23)N4C)c1. The molecule has 0 unspecified atom stereocenters. The first kappa shape index (κ1) is 33.2. The third kappa shape index (κ3) is 4.79. The number of hydrogen-bond donors (Lipinski definition) is 4. The van der Waals surface area contributed by atoms with Crippen LogP contribution in [0.1, 0.15) is 61.4 Å². The Kier molecular flexibility index (Phi) is 8.80. The molecular weight excluding hydrogens is 616 g/mol. The smallest absolute Gasteiger partial charge is 0.251 e. The molecule has 0 aromatic heterocycles. The monoisotopic (exact) mass is 658 g/mol. The second-order valence-electron chi connectivity index (χ2n) is 12.6. The van der Waals surface area contributed by atoms with E-state index in [2.05, 4.69) is 21.2 Å². The number of amides is 1. The van der Waals surface area contributed by atoms with Crippen LogP contribution in [-0.2, 0) is 19.4 Å². The average molecular weight is 659 g/mol. The molecule has 0 radical (unpaired) electrons. The summed E-state index contributed by atoms with van der Waals surface area (Å²) in [5.41, 5.74) is 4.70. The van der Waals surface area contributed by atoms with Crippen molar-refractivity contribution >= 4 is 5.91 Å². The molecule has 254 valence electrons. The maximum Gasteiger partial charge on any atom is 0.251 e. The van der Waals surface area contributed by atoms with Gasteiger partial charge in [0.2, 0.25) is 0 Å². The first-order chi connectivity index (χ1) is 23.1. The van der Waals surface area contributed by atoms with Gasteiger partial charge in [0.25, 0.3) is 5.91 Å². The van der Waals surface area contributed by atoms with E-state index in [4.69, 9.17) is 18.9 Å². The molecule has 0 aliphatic carbocycles. The Hall–Kier alpha value is -4.70. The lowest BCUT2D eigenvalue weighted by molar-refractivity contribution is -0.0724. The molecular formula is C36H42N4O8. The second kappa shape index (κ2) is 12.7. The lowest BCUT2D eigenvalue weighted by Crippen LogP contribution is -2.68. The number of nitrogens with one attached hydrogen (secondary N) is 1. The van der Waals surface area contributed by atoms with Crippen LogP contribution in [0.3, 0.4) is 0 Å². The van der Waals surface area contributed by atoms with Crippen molar-refractivity contribution in [3.8, 4) is 40.6 Å². The molecule has 4 N–H and O–H groups in total. The minimum atomic E-state index is -0.700. The fourth-order valence-corrected chi connectivity index (χ4v) is 8.49. The number of phenolic OH excluding ortho intramolecular Hbond substituents is 1. The van der Waals surface area contributed by atoms with Gasteiger partial charge in [0.1, 0.15) is 29.0 Å². The summed E-state index contributed by atoms with van der Waals surface area (Å²) < 4.78 is 22.8. The zero-order valence-electron chi connectivity index (χ0n) is 28.2. The molecule has 3 aliphatic rings. The summed E-state index contributed by atoms with van der Waals surface area (Å²) in [6.45, 7) is 3.24. The normalized spacial score (nSPS) is 22.9. The predicted molar refractivity (Wildman–Crippen MR) is 176 cm³/mol. The number of aliphatic hydroxyl groups excluding tert-OH is 1. The van der Waals surface area contributed by atoms with Crippen molar-refractivity contribution in [1.82, 2.24) is 15.1 Å². The number of phenols is 2. The van der Waals surface area contributed by atoms with E-state index in [1.807, 2.05) is 14.0 Å². The Labute approximate surface area is 280 Å². The van der Waals surface area contributed by atoms with Crippen molar-refractivity contribution < 1.29 is 39.1 Å². The number of benzene rings is 3. The highest BCUT2D eigenvalue weighted by atomic mass is 16.5. The topological polar surface area (TPSA) is 157 Å². The molecule has 2 bridgehead atoms. The molecule has 6 rings (SSSR count). The van der Waals surface area contributed by atoms with Crippen LogP contribution < -0.4 is 24.3 Å². The number of nitrogens with zero attached hydrogens (tertiary/aromatic N) is 3. The Morgan fingerprint density at radius 1 is 0.938 bits per heavy atom. The molecule has 12 heteroatoms. The molecule has 1 amide bonds. The second-order valence-corrected chi connectivity index (χ2v) is 12.6. The lowest BCUT2D eigenvalue weighted by Gasteiger charge is -2.60. The summed E-state index contributed by atoms with van der Waals surface area (Å²) >= 11 is 0. The quantitative estimate of drug-likeness (QED) is 0.281. The largest absolute Gasteiger partial charge is 0.507 e. The van der Waals surface area contributed by atoms with Gasteiger partial charge in [-0.1, -0.05) is 6.07 Å². The molecule has 0 spiro atoms. The van der Waals surface area contributed by atoms with E-state index in [0.29, 0.717) is 74.8 Å². The maximum atomic E-state index is 13.5. The Balaban J connectivity index is 1.57. The molecule has 3 aliphatic heterocycles. The molecule has 3 aromatic rings. The molecule has 3 heterocycles. The number of ether oxygens (including phenoxy) is 4. The average Bonchev–Trinajstić information content (AvgIpc) is 3.08. The van der Waals surface area contributed by atoms with Crippen LogP contribution in [0.15, 0.2) is 24.3 Å². The summed E-state index contributed by atoms with van der Waals surface area (Å²) in [5.74, 6) is 1.57.